The van der Waals surface area contributed by atoms with E-state index in [4.69, 9.17) is 5.73 Å². The van der Waals surface area contributed by atoms with Gasteiger partial charge in [-0.15, -0.1) is 0 Å². The van der Waals surface area contributed by atoms with E-state index in [2.05, 4.69) is 15.9 Å². The molecule has 0 saturated carbocycles. The predicted octanol–water partition coefficient (Wildman–Crippen LogP) is 3.76. The van der Waals surface area contributed by atoms with Crippen LogP contribution in [0.1, 0.15) is 11.1 Å². The first-order valence-electron chi connectivity index (χ1n) is 4.94. The number of rotatable bonds is 2. The Kier molecular flexibility index (Phi) is 3.25. The summed E-state index contributed by atoms with van der Waals surface area (Å²) in [5.41, 5.74) is 8.34. The van der Waals surface area contributed by atoms with Gasteiger partial charge in [0.05, 0.1) is 0 Å². The Morgan fingerprint density at radius 2 is 1.81 bits per heavy atom. The number of benzene rings is 2. The summed E-state index contributed by atoms with van der Waals surface area (Å²) in [6.45, 7) is 0. The second kappa shape index (κ2) is 4.66. The second-order valence-electron chi connectivity index (χ2n) is 3.61. The maximum Gasteiger partial charge on any atom is 0.125 e. The fourth-order valence-corrected chi connectivity index (χ4v) is 2.00. The largest absolute Gasteiger partial charge is 0.398 e. The van der Waals surface area contributed by atoms with Gasteiger partial charge < -0.3 is 5.73 Å². The molecule has 2 aromatic rings. The molecule has 0 radical (unpaired) electrons. The Morgan fingerprint density at radius 3 is 2.50 bits per heavy atom. The maximum absolute atomic E-state index is 12.9. The average Bonchev–Trinajstić information content (AvgIpc) is 2.25. The molecule has 3 heteroatoms. The van der Waals surface area contributed by atoms with Gasteiger partial charge in [0.2, 0.25) is 0 Å². The normalized spacial score (nSPS) is 10.4. The molecule has 2 N–H and O–H groups in total. The summed E-state index contributed by atoms with van der Waals surface area (Å²) >= 11 is 3.48. The van der Waals surface area contributed by atoms with Crippen LogP contribution in [0.4, 0.5) is 10.1 Å². The molecule has 0 aliphatic carbocycles. The summed E-state index contributed by atoms with van der Waals surface area (Å²) < 4.78 is 13.9. The van der Waals surface area contributed by atoms with E-state index in [9.17, 15) is 4.39 Å². The van der Waals surface area contributed by atoms with Crippen molar-refractivity contribution in [3.8, 4) is 0 Å². The minimum Gasteiger partial charge on any atom is -0.398 e. The molecule has 82 valence electrons. The first-order valence-corrected chi connectivity index (χ1v) is 5.73. The molecule has 1 nitrogen and oxygen atoms in total. The summed E-state index contributed by atoms with van der Waals surface area (Å²) in [6.07, 6.45) is 0.702. The lowest BCUT2D eigenvalue weighted by Crippen LogP contribution is -1.97. The third kappa shape index (κ3) is 2.42. The Hall–Kier alpha value is -1.35. The third-order valence-electron chi connectivity index (χ3n) is 2.45. The van der Waals surface area contributed by atoms with E-state index in [1.54, 1.807) is 6.07 Å². The van der Waals surface area contributed by atoms with Crippen LogP contribution in [0.15, 0.2) is 46.9 Å². The first kappa shape index (κ1) is 11.1. The topological polar surface area (TPSA) is 26.0 Å². The number of halogens is 2. The van der Waals surface area contributed by atoms with E-state index >= 15 is 0 Å². The number of hydrogen-bond acceptors (Lipinski definition) is 1. The molecule has 0 saturated heterocycles. The van der Waals surface area contributed by atoms with Crippen molar-refractivity contribution in [2.75, 3.05) is 5.73 Å². The molecule has 0 amide bonds. The van der Waals surface area contributed by atoms with Gasteiger partial charge in [-0.1, -0.05) is 40.2 Å². The lowest BCUT2D eigenvalue weighted by molar-refractivity contribution is 0.628. The Bertz CT molecular complexity index is 511. The van der Waals surface area contributed by atoms with Gasteiger partial charge in [-0.2, -0.15) is 0 Å². The zero-order valence-electron chi connectivity index (χ0n) is 8.58. The highest BCUT2D eigenvalue weighted by atomic mass is 79.9. The summed E-state index contributed by atoms with van der Waals surface area (Å²) in [7, 11) is 0. The maximum atomic E-state index is 12.9. The quantitative estimate of drug-likeness (QED) is 0.833. The Balaban J connectivity index is 2.31. The van der Waals surface area contributed by atoms with Gasteiger partial charge in [0.15, 0.2) is 0 Å². The molecule has 0 atom stereocenters. The van der Waals surface area contributed by atoms with Gasteiger partial charge in [-0.05, 0) is 29.3 Å². The van der Waals surface area contributed by atoms with Gasteiger partial charge in [-0.25, -0.2) is 4.39 Å². The molecular weight excluding hydrogens is 269 g/mol. The van der Waals surface area contributed by atoms with Crippen LogP contribution in [0.5, 0.6) is 0 Å². The van der Waals surface area contributed by atoms with Crippen LogP contribution < -0.4 is 5.73 Å². The van der Waals surface area contributed by atoms with Crippen LogP contribution >= 0.6 is 15.9 Å². The van der Waals surface area contributed by atoms with Crippen molar-refractivity contribution in [1.29, 1.82) is 0 Å². The fourth-order valence-electron chi connectivity index (χ4n) is 1.57. The van der Waals surface area contributed by atoms with Crippen LogP contribution in [0, 0.1) is 5.82 Å². The molecule has 2 rings (SSSR count). The molecule has 2 aromatic carbocycles. The van der Waals surface area contributed by atoms with Crippen molar-refractivity contribution in [3.05, 3.63) is 63.9 Å². The monoisotopic (exact) mass is 279 g/mol. The molecule has 0 aromatic heterocycles. The first-order chi connectivity index (χ1) is 7.66. The zero-order valence-corrected chi connectivity index (χ0v) is 10.2. The standard InChI is InChI=1S/C13H11BrFN/c14-12-4-2-1-3-9(12)7-10-5-6-11(15)8-13(10)16/h1-6,8H,7,16H2. The Labute approximate surface area is 102 Å². The summed E-state index contributed by atoms with van der Waals surface area (Å²) in [4.78, 5) is 0. The molecule has 0 spiro atoms. The van der Waals surface area contributed by atoms with Crippen LogP contribution in [0.3, 0.4) is 0 Å². The Morgan fingerprint density at radius 1 is 1.06 bits per heavy atom. The number of anilines is 1. The fraction of sp³-hybridized carbons (Fsp3) is 0.0769. The average molecular weight is 280 g/mol. The van der Waals surface area contributed by atoms with Crippen molar-refractivity contribution in [2.24, 2.45) is 0 Å². The van der Waals surface area contributed by atoms with Crippen molar-refractivity contribution in [2.45, 2.75) is 6.42 Å². The minimum absolute atomic E-state index is 0.298. The van der Waals surface area contributed by atoms with Gasteiger partial charge in [0.25, 0.3) is 0 Å². The smallest absolute Gasteiger partial charge is 0.125 e. The number of nitrogens with two attached hydrogens (primary N) is 1. The van der Waals surface area contributed by atoms with E-state index < -0.39 is 0 Å². The molecule has 0 aliphatic rings. The van der Waals surface area contributed by atoms with Crippen molar-refractivity contribution >= 4 is 21.6 Å². The van der Waals surface area contributed by atoms with E-state index in [0.29, 0.717) is 12.1 Å². The lowest BCUT2D eigenvalue weighted by Gasteiger charge is -2.07. The SMILES string of the molecule is Nc1cc(F)ccc1Cc1ccccc1Br. The minimum atomic E-state index is -0.298. The number of hydrogen-bond donors (Lipinski definition) is 1. The highest BCUT2D eigenvalue weighted by Crippen LogP contribution is 2.22. The molecular formula is C13H11BrFN. The zero-order chi connectivity index (χ0) is 11.5. The highest BCUT2D eigenvalue weighted by molar-refractivity contribution is 9.10. The molecule has 0 heterocycles. The van der Waals surface area contributed by atoms with Crippen molar-refractivity contribution in [1.82, 2.24) is 0 Å². The molecule has 0 bridgehead atoms. The van der Waals surface area contributed by atoms with Gasteiger partial charge >= 0.3 is 0 Å². The van der Waals surface area contributed by atoms with Crippen LogP contribution in [0.25, 0.3) is 0 Å². The van der Waals surface area contributed by atoms with E-state index in [-0.39, 0.29) is 5.82 Å². The van der Waals surface area contributed by atoms with Gasteiger partial charge in [0.1, 0.15) is 5.82 Å². The van der Waals surface area contributed by atoms with E-state index in [0.717, 1.165) is 15.6 Å². The molecule has 0 fully saturated rings. The van der Waals surface area contributed by atoms with Crippen LogP contribution in [-0.4, -0.2) is 0 Å². The summed E-state index contributed by atoms with van der Waals surface area (Å²) in [6, 6.07) is 12.4. The number of nitrogen functional groups attached to an aromatic ring is 1. The van der Waals surface area contributed by atoms with Crippen LogP contribution in [-0.2, 0) is 6.42 Å². The summed E-state index contributed by atoms with van der Waals surface area (Å²) in [5.74, 6) is -0.298. The van der Waals surface area contributed by atoms with Crippen molar-refractivity contribution in [3.63, 3.8) is 0 Å². The van der Waals surface area contributed by atoms with Crippen LogP contribution in [0.2, 0.25) is 0 Å². The summed E-state index contributed by atoms with van der Waals surface area (Å²) in [5, 5.41) is 0. The van der Waals surface area contributed by atoms with Crippen molar-refractivity contribution < 1.29 is 4.39 Å². The van der Waals surface area contributed by atoms with Gasteiger partial charge in [-0.3, -0.25) is 0 Å². The highest BCUT2D eigenvalue weighted by Gasteiger charge is 2.04. The molecule has 0 aliphatic heterocycles. The third-order valence-corrected chi connectivity index (χ3v) is 3.22. The molecule has 16 heavy (non-hydrogen) atoms. The second-order valence-corrected chi connectivity index (χ2v) is 4.47. The molecule has 0 unspecified atom stereocenters. The predicted molar refractivity (Wildman–Crippen MR) is 67.8 cm³/mol. The van der Waals surface area contributed by atoms with E-state index in [1.807, 2.05) is 24.3 Å². The lowest BCUT2D eigenvalue weighted by atomic mass is 10.0. The van der Waals surface area contributed by atoms with E-state index in [1.165, 1.54) is 12.1 Å². The van der Waals surface area contributed by atoms with Gasteiger partial charge in [0, 0.05) is 16.6 Å².